The van der Waals surface area contributed by atoms with Crippen molar-refractivity contribution in [2.45, 2.75) is 37.6 Å². The highest BCUT2D eigenvalue weighted by molar-refractivity contribution is 7.83. The van der Waals surface area contributed by atoms with Crippen LogP contribution in [-0.2, 0) is 36.4 Å². The highest BCUT2D eigenvalue weighted by Gasteiger charge is 2.26. The number of ether oxygens (including phenoxy) is 1. The monoisotopic (exact) mass is 619 g/mol. The van der Waals surface area contributed by atoms with E-state index in [-0.39, 0.29) is 17.4 Å². The van der Waals surface area contributed by atoms with Crippen LogP contribution in [0.4, 0.5) is 0 Å². The van der Waals surface area contributed by atoms with Crippen LogP contribution in [-0.4, -0.2) is 28.2 Å². The molecule has 1 amide bonds. The lowest BCUT2D eigenvalue weighted by Crippen LogP contribution is -2.34. The summed E-state index contributed by atoms with van der Waals surface area (Å²) in [4.78, 5) is 31.7. The molecule has 1 saturated carbocycles. The Balaban J connectivity index is 1.38. The third kappa shape index (κ3) is 5.14. The van der Waals surface area contributed by atoms with Crippen molar-refractivity contribution in [1.29, 1.82) is 0 Å². The number of fused-ring (bicyclic) bond motifs is 2. The van der Waals surface area contributed by atoms with Crippen LogP contribution in [0.1, 0.15) is 30.7 Å². The van der Waals surface area contributed by atoms with E-state index in [1.807, 2.05) is 91.3 Å². The Morgan fingerprint density at radius 2 is 1.76 bits per heavy atom. The molecule has 1 fully saturated rings. The number of aromatic nitrogens is 4. The second-order valence-corrected chi connectivity index (χ2v) is 12.9. The Bertz CT molecular complexity index is 2160. The normalized spacial score (nSPS) is 14.0. The van der Waals surface area contributed by atoms with Crippen LogP contribution in [0.5, 0.6) is 11.5 Å². The summed E-state index contributed by atoms with van der Waals surface area (Å²) < 4.78 is 25.3. The lowest BCUT2D eigenvalue weighted by molar-refractivity contribution is -0.127. The average Bonchev–Trinajstić information content (AvgIpc) is 3.60. The molecule has 0 saturated heterocycles. The third-order valence-corrected chi connectivity index (χ3v) is 9.98. The number of benzene rings is 3. The number of hydrogen-bond acceptors (Lipinski definition) is 5. The van der Waals surface area contributed by atoms with Gasteiger partial charge in [-0.25, -0.2) is 9.19 Å². The molecule has 228 valence electrons. The number of imidazole rings is 1. The molecule has 10 heteroatoms. The van der Waals surface area contributed by atoms with Crippen molar-refractivity contribution in [2.75, 3.05) is 0 Å². The van der Waals surface area contributed by atoms with Gasteiger partial charge in [-0.05, 0) is 62.2 Å². The molecule has 3 heterocycles. The van der Waals surface area contributed by atoms with Crippen LogP contribution in [0.2, 0.25) is 0 Å². The quantitative estimate of drug-likeness (QED) is 0.226. The number of amides is 1. The molecule has 3 aromatic heterocycles. The number of carbonyl (C=O) groups is 1. The van der Waals surface area contributed by atoms with Crippen molar-refractivity contribution in [3.05, 3.63) is 107 Å². The van der Waals surface area contributed by atoms with E-state index in [2.05, 4.69) is 5.32 Å². The molecule has 0 aliphatic heterocycles. The Morgan fingerprint density at radius 1 is 1.00 bits per heavy atom. The van der Waals surface area contributed by atoms with Crippen LogP contribution < -0.4 is 15.6 Å². The maximum atomic E-state index is 13.7. The maximum absolute atomic E-state index is 13.7. The predicted molar refractivity (Wildman–Crippen MR) is 176 cm³/mol. The lowest BCUT2D eigenvalue weighted by Gasteiger charge is -2.23. The van der Waals surface area contributed by atoms with Gasteiger partial charge in [0.15, 0.2) is 16.7 Å². The molecule has 9 nitrogen and oxygen atoms in total. The summed E-state index contributed by atoms with van der Waals surface area (Å²) in [6.07, 6.45) is 6.44. The van der Waals surface area contributed by atoms with Gasteiger partial charge in [-0.3, -0.25) is 13.6 Å². The number of nitrogens with zero attached hydrogens (tertiary/aromatic N) is 4. The topological polar surface area (TPSA) is 100 Å². The van der Waals surface area contributed by atoms with Gasteiger partial charge in [0.1, 0.15) is 22.6 Å². The van der Waals surface area contributed by atoms with Crippen molar-refractivity contribution < 1.29 is 13.7 Å². The smallest absolute Gasteiger partial charge is 0.275 e. The number of aryl methyl sites for hydroxylation is 3. The molecule has 1 aliphatic rings. The number of para-hydroxylation sites is 1. The molecule has 0 radical (unpaired) electrons. The van der Waals surface area contributed by atoms with Crippen molar-refractivity contribution >= 4 is 38.8 Å². The fourth-order valence-corrected chi connectivity index (χ4v) is 6.90. The van der Waals surface area contributed by atoms with Crippen molar-refractivity contribution in [3.63, 3.8) is 0 Å². The summed E-state index contributed by atoms with van der Waals surface area (Å²) in [6.45, 7) is 2.28. The van der Waals surface area contributed by atoms with Gasteiger partial charge in [0.25, 0.3) is 5.56 Å². The summed E-state index contributed by atoms with van der Waals surface area (Å²) in [6, 6.07) is 22.7. The molecule has 7 rings (SSSR count). The number of hydrogen-bond donors (Lipinski definition) is 1. The molecule has 1 unspecified atom stereocenters. The van der Waals surface area contributed by atoms with Gasteiger partial charge in [-0.15, -0.1) is 0 Å². The van der Waals surface area contributed by atoms with E-state index in [0.29, 0.717) is 45.2 Å². The SMILES string of the molecule is Cc1ccc(S(=O)n2ccc3c(-c4ccc5c(nc(CNC(=O)C6CCC6)n5C)c4Oc4ccccc4)cn(C)c(=O)c32)cc1. The summed E-state index contributed by atoms with van der Waals surface area (Å²) in [5, 5.41) is 3.71. The minimum absolute atomic E-state index is 0.0647. The first-order valence-corrected chi connectivity index (χ1v) is 16.1. The zero-order valence-electron chi connectivity index (χ0n) is 25.3. The molecule has 1 N–H and O–H groups in total. The van der Waals surface area contributed by atoms with E-state index < -0.39 is 11.0 Å². The van der Waals surface area contributed by atoms with Gasteiger partial charge in [-0.1, -0.05) is 42.3 Å². The second kappa shape index (κ2) is 11.5. The molecule has 1 atom stereocenters. The van der Waals surface area contributed by atoms with E-state index in [4.69, 9.17) is 9.72 Å². The first-order chi connectivity index (χ1) is 21.8. The van der Waals surface area contributed by atoms with Crippen molar-refractivity contribution in [3.8, 4) is 22.6 Å². The summed E-state index contributed by atoms with van der Waals surface area (Å²) in [7, 11) is 1.99. The van der Waals surface area contributed by atoms with E-state index in [1.54, 1.807) is 19.4 Å². The van der Waals surface area contributed by atoms with Gasteiger partial charge in [0, 0.05) is 48.9 Å². The number of carbonyl (C=O) groups excluding carboxylic acids is 1. The molecule has 3 aromatic carbocycles. The molecule has 0 bridgehead atoms. The van der Waals surface area contributed by atoms with Gasteiger partial charge in [0.2, 0.25) is 5.91 Å². The number of pyridine rings is 1. The Labute approximate surface area is 262 Å². The average molecular weight is 620 g/mol. The van der Waals surface area contributed by atoms with E-state index >= 15 is 0 Å². The Morgan fingerprint density at radius 3 is 2.47 bits per heavy atom. The summed E-state index contributed by atoms with van der Waals surface area (Å²) in [5.74, 6) is 2.02. The molecule has 45 heavy (non-hydrogen) atoms. The van der Waals surface area contributed by atoms with Gasteiger partial charge in [-0.2, -0.15) is 0 Å². The highest BCUT2D eigenvalue weighted by atomic mass is 32.2. The zero-order chi connectivity index (χ0) is 31.2. The van der Waals surface area contributed by atoms with Crippen LogP contribution in [0.3, 0.4) is 0 Å². The lowest BCUT2D eigenvalue weighted by atomic mass is 9.85. The first kappa shape index (κ1) is 28.8. The molecule has 1 aliphatic carbocycles. The van der Waals surface area contributed by atoms with Crippen LogP contribution in [0.25, 0.3) is 33.1 Å². The fourth-order valence-electron chi connectivity index (χ4n) is 5.79. The van der Waals surface area contributed by atoms with Gasteiger partial charge >= 0.3 is 0 Å². The highest BCUT2D eigenvalue weighted by Crippen LogP contribution is 2.41. The Hall–Kier alpha value is -4.96. The van der Waals surface area contributed by atoms with E-state index in [9.17, 15) is 13.8 Å². The maximum Gasteiger partial charge on any atom is 0.275 e. The summed E-state index contributed by atoms with van der Waals surface area (Å²) >= 11 is 0. The molecular weight excluding hydrogens is 586 g/mol. The second-order valence-electron chi connectivity index (χ2n) is 11.6. The number of nitrogens with one attached hydrogen (secondary N) is 1. The molecule has 6 aromatic rings. The largest absolute Gasteiger partial charge is 0.454 e. The summed E-state index contributed by atoms with van der Waals surface area (Å²) in [5.41, 5.74) is 4.09. The van der Waals surface area contributed by atoms with E-state index in [0.717, 1.165) is 41.5 Å². The molecule has 0 spiro atoms. The minimum Gasteiger partial charge on any atom is -0.454 e. The van der Waals surface area contributed by atoms with Gasteiger partial charge < -0.3 is 19.2 Å². The van der Waals surface area contributed by atoms with Crippen molar-refractivity contribution in [2.24, 2.45) is 20.0 Å². The molecular formula is C35H33N5O4S. The van der Waals surface area contributed by atoms with E-state index in [1.165, 1.54) is 8.54 Å². The van der Waals surface area contributed by atoms with Crippen LogP contribution in [0, 0.1) is 12.8 Å². The zero-order valence-corrected chi connectivity index (χ0v) is 26.1. The standard InChI is InChI=1S/C35H33N5O4S/c1-22-12-14-25(15-13-22)45(43)40-19-18-26-28(21-38(2)35(42)32(26)40)27-16-17-29-31(33(27)44-24-10-5-4-6-11-24)37-30(39(29)3)20-36-34(41)23-8-7-9-23/h4-6,10-19,21,23H,7-9,20H2,1-3H3,(H,36,41). The fraction of sp³-hybridized carbons (Fsp3) is 0.229. The first-order valence-electron chi connectivity index (χ1n) is 15.0. The Kier molecular flexibility index (Phi) is 7.37. The van der Waals surface area contributed by atoms with Crippen LogP contribution >= 0.6 is 0 Å². The van der Waals surface area contributed by atoms with Crippen molar-refractivity contribution in [1.82, 2.24) is 23.4 Å². The predicted octanol–water partition coefficient (Wildman–Crippen LogP) is 5.98. The van der Waals surface area contributed by atoms with Gasteiger partial charge in [0.05, 0.1) is 17.0 Å². The number of rotatable bonds is 8. The van der Waals surface area contributed by atoms with Crippen LogP contribution in [0.15, 0.2) is 94.9 Å². The minimum atomic E-state index is -1.63. The third-order valence-electron chi connectivity index (χ3n) is 8.64.